The molecular formula is C17H27N5O3. The second kappa shape index (κ2) is 7.45. The van der Waals surface area contributed by atoms with E-state index in [2.05, 4.69) is 21.7 Å². The quantitative estimate of drug-likeness (QED) is 0.499. The number of nitrogens with two attached hydrogens (primary N) is 1. The zero-order chi connectivity index (χ0) is 18.0. The minimum atomic E-state index is -0.363. The first-order valence-electron chi connectivity index (χ1n) is 8.79. The summed E-state index contributed by atoms with van der Waals surface area (Å²) in [5, 5.41) is 11.4. The van der Waals surface area contributed by atoms with Gasteiger partial charge in [-0.1, -0.05) is 0 Å². The standard InChI is InChI=1S/C17H27N5O3/c1-19-7-9-20(10-8-19)13-3-5-21(6-4-13)15-12-17(25-2)14(18)11-16(15)22(23)24/h11-13H,3-10,18H2,1-2H3. The molecule has 0 radical (unpaired) electrons. The number of nitro benzene ring substituents is 1. The van der Waals surface area contributed by atoms with Crippen LogP contribution in [-0.2, 0) is 0 Å². The summed E-state index contributed by atoms with van der Waals surface area (Å²) in [6.07, 6.45) is 2.04. The number of benzene rings is 1. The number of rotatable bonds is 4. The van der Waals surface area contributed by atoms with Crippen molar-refractivity contribution in [1.82, 2.24) is 9.80 Å². The third kappa shape index (κ3) is 3.80. The number of anilines is 2. The summed E-state index contributed by atoms with van der Waals surface area (Å²) in [6, 6.07) is 3.67. The zero-order valence-corrected chi connectivity index (χ0v) is 15.0. The zero-order valence-electron chi connectivity index (χ0n) is 15.0. The topological polar surface area (TPSA) is 88.1 Å². The van der Waals surface area contributed by atoms with Crippen LogP contribution in [0.5, 0.6) is 5.75 Å². The van der Waals surface area contributed by atoms with Gasteiger partial charge >= 0.3 is 0 Å². The van der Waals surface area contributed by atoms with E-state index in [4.69, 9.17) is 10.5 Å². The van der Waals surface area contributed by atoms with Crippen molar-refractivity contribution in [3.8, 4) is 5.75 Å². The van der Waals surface area contributed by atoms with E-state index in [-0.39, 0.29) is 10.6 Å². The van der Waals surface area contributed by atoms with E-state index in [9.17, 15) is 10.1 Å². The van der Waals surface area contributed by atoms with Gasteiger partial charge in [0.25, 0.3) is 5.69 Å². The third-order valence-corrected chi connectivity index (χ3v) is 5.38. The smallest absolute Gasteiger partial charge is 0.294 e. The summed E-state index contributed by atoms with van der Waals surface area (Å²) in [7, 11) is 3.69. The first-order valence-corrected chi connectivity index (χ1v) is 8.79. The molecular weight excluding hydrogens is 322 g/mol. The van der Waals surface area contributed by atoms with Crippen molar-refractivity contribution < 1.29 is 9.66 Å². The van der Waals surface area contributed by atoms with Gasteiger partial charge in [0.15, 0.2) is 0 Å². The molecule has 0 amide bonds. The van der Waals surface area contributed by atoms with E-state index < -0.39 is 0 Å². The van der Waals surface area contributed by atoms with E-state index in [1.807, 2.05) is 0 Å². The fourth-order valence-electron chi connectivity index (χ4n) is 3.81. The third-order valence-electron chi connectivity index (χ3n) is 5.38. The van der Waals surface area contributed by atoms with Gasteiger partial charge in [-0.25, -0.2) is 0 Å². The van der Waals surface area contributed by atoms with E-state index >= 15 is 0 Å². The Hall–Kier alpha value is -2.06. The Morgan fingerprint density at radius 2 is 1.80 bits per heavy atom. The maximum Gasteiger partial charge on any atom is 0.294 e. The Bertz CT molecular complexity index is 623. The molecule has 0 bridgehead atoms. The monoisotopic (exact) mass is 349 g/mol. The first-order chi connectivity index (χ1) is 12.0. The molecule has 3 rings (SSSR count). The fraction of sp³-hybridized carbons (Fsp3) is 0.647. The molecule has 0 atom stereocenters. The van der Waals surface area contributed by atoms with Gasteiger partial charge in [-0.3, -0.25) is 15.0 Å². The number of piperidine rings is 1. The highest BCUT2D eigenvalue weighted by Gasteiger charge is 2.30. The fourth-order valence-corrected chi connectivity index (χ4v) is 3.81. The highest BCUT2D eigenvalue weighted by molar-refractivity contribution is 5.73. The van der Waals surface area contributed by atoms with Gasteiger partial charge in [0, 0.05) is 57.4 Å². The lowest BCUT2D eigenvalue weighted by atomic mass is 10.0. The molecule has 2 aliphatic rings. The summed E-state index contributed by atoms with van der Waals surface area (Å²) < 4.78 is 5.25. The molecule has 1 aromatic rings. The van der Waals surface area contributed by atoms with Crippen LogP contribution in [0.3, 0.4) is 0 Å². The van der Waals surface area contributed by atoms with Crippen LogP contribution in [0.25, 0.3) is 0 Å². The lowest BCUT2D eigenvalue weighted by Gasteiger charge is -2.42. The number of hydrogen-bond donors (Lipinski definition) is 1. The second-order valence-corrected chi connectivity index (χ2v) is 6.90. The van der Waals surface area contributed by atoms with Gasteiger partial charge < -0.3 is 20.3 Å². The first kappa shape index (κ1) is 17.8. The Morgan fingerprint density at radius 1 is 1.16 bits per heavy atom. The number of methoxy groups -OCH3 is 1. The van der Waals surface area contributed by atoms with E-state index in [1.165, 1.54) is 13.2 Å². The maximum atomic E-state index is 11.4. The van der Waals surface area contributed by atoms with Crippen LogP contribution in [-0.4, -0.2) is 74.2 Å². The van der Waals surface area contributed by atoms with Gasteiger partial charge in [0.05, 0.1) is 17.7 Å². The summed E-state index contributed by atoms with van der Waals surface area (Å²) in [6.45, 7) is 6.06. The Balaban J connectivity index is 1.71. The number of likely N-dealkylation sites (N-methyl/N-ethyl adjacent to an activating group) is 1. The molecule has 2 heterocycles. The van der Waals surface area contributed by atoms with Crippen LogP contribution in [0.1, 0.15) is 12.8 Å². The van der Waals surface area contributed by atoms with Gasteiger partial charge in [-0.2, -0.15) is 0 Å². The van der Waals surface area contributed by atoms with Crippen molar-refractivity contribution in [2.75, 3.05) is 64.1 Å². The summed E-state index contributed by atoms with van der Waals surface area (Å²) >= 11 is 0. The Kier molecular flexibility index (Phi) is 5.29. The number of nitrogen functional groups attached to an aromatic ring is 1. The van der Waals surface area contributed by atoms with Crippen LogP contribution in [0.2, 0.25) is 0 Å². The molecule has 2 saturated heterocycles. The number of piperazine rings is 1. The molecule has 0 aromatic heterocycles. The Morgan fingerprint density at radius 3 is 2.36 bits per heavy atom. The minimum absolute atomic E-state index is 0.0522. The molecule has 0 unspecified atom stereocenters. The predicted octanol–water partition coefficient (Wildman–Crippen LogP) is 1.40. The van der Waals surface area contributed by atoms with Crippen LogP contribution in [0.4, 0.5) is 17.1 Å². The van der Waals surface area contributed by atoms with Gasteiger partial charge in [0.1, 0.15) is 11.4 Å². The normalized spacial score (nSPS) is 20.6. The summed E-state index contributed by atoms with van der Waals surface area (Å²) in [5.41, 5.74) is 6.79. The average molecular weight is 349 g/mol. The SMILES string of the molecule is COc1cc(N2CCC(N3CCN(C)CC3)CC2)c([N+](=O)[O-])cc1N. The molecule has 25 heavy (non-hydrogen) atoms. The molecule has 2 N–H and O–H groups in total. The molecule has 8 nitrogen and oxygen atoms in total. The molecule has 0 spiro atoms. The minimum Gasteiger partial charge on any atom is -0.495 e. The summed E-state index contributed by atoms with van der Waals surface area (Å²) in [5.74, 6) is 0.488. The van der Waals surface area contributed by atoms with E-state index in [0.717, 1.165) is 52.1 Å². The van der Waals surface area contributed by atoms with Crippen LogP contribution in [0.15, 0.2) is 12.1 Å². The molecule has 138 valence electrons. The molecule has 8 heteroatoms. The highest BCUT2D eigenvalue weighted by Crippen LogP contribution is 2.38. The maximum absolute atomic E-state index is 11.4. The molecule has 0 saturated carbocycles. The number of nitrogens with zero attached hydrogens (tertiary/aromatic N) is 4. The predicted molar refractivity (Wildman–Crippen MR) is 98.4 cm³/mol. The van der Waals surface area contributed by atoms with Crippen molar-refractivity contribution >= 4 is 17.1 Å². The van der Waals surface area contributed by atoms with Crippen LogP contribution >= 0.6 is 0 Å². The van der Waals surface area contributed by atoms with Gasteiger partial charge in [-0.15, -0.1) is 0 Å². The Labute approximate surface area is 148 Å². The average Bonchev–Trinajstić information content (AvgIpc) is 2.62. The highest BCUT2D eigenvalue weighted by atomic mass is 16.6. The molecule has 1 aromatic carbocycles. The summed E-state index contributed by atoms with van der Waals surface area (Å²) in [4.78, 5) is 18.1. The van der Waals surface area contributed by atoms with Crippen molar-refractivity contribution in [2.24, 2.45) is 0 Å². The van der Waals surface area contributed by atoms with E-state index in [0.29, 0.717) is 23.2 Å². The van der Waals surface area contributed by atoms with Gasteiger partial charge in [0.2, 0.25) is 0 Å². The largest absolute Gasteiger partial charge is 0.495 e. The lowest BCUT2D eigenvalue weighted by Crippen LogP contribution is -2.52. The van der Waals surface area contributed by atoms with Crippen molar-refractivity contribution in [3.05, 3.63) is 22.2 Å². The lowest BCUT2D eigenvalue weighted by molar-refractivity contribution is -0.384. The molecule has 2 fully saturated rings. The van der Waals surface area contributed by atoms with Crippen molar-refractivity contribution in [1.29, 1.82) is 0 Å². The van der Waals surface area contributed by atoms with E-state index in [1.54, 1.807) is 6.07 Å². The van der Waals surface area contributed by atoms with Crippen molar-refractivity contribution in [3.63, 3.8) is 0 Å². The van der Waals surface area contributed by atoms with Crippen LogP contribution < -0.4 is 15.4 Å². The van der Waals surface area contributed by atoms with Gasteiger partial charge in [-0.05, 0) is 19.9 Å². The number of hydrogen-bond acceptors (Lipinski definition) is 7. The number of nitro groups is 1. The van der Waals surface area contributed by atoms with Crippen molar-refractivity contribution in [2.45, 2.75) is 18.9 Å². The molecule has 2 aliphatic heterocycles. The second-order valence-electron chi connectivity index (χ2n) is 6.90. The molecule has 0 aliphatic carbocycles. The number of ether oxygens (including phenoxy) is 1. The van der Waals surface area contributed by atoms with Crippen LogP contribution in [0, 0.1) is 10.1 Å².